The van der Waals surface area contributed by atoms with Crippen LogP contribution >= 0.6 is 11.6 Å². The molecule has 74 valence electrons. The standard InChI is InChI=1S/C11H11ClO2/c1-3-4-10(13)8-5-6-9(12)11(7-8)14-2/h3-7H,1-2H3/b4-3+. The van der Waals surface area contributed by atoms with E-state index in [0.29, 0.717) is 16.3 Å². The average molecular weight is 211 g/mol. The summed E-state index contributed by atoms with van der Waals surface area (Å²) in [5.74, 6) is 0.462. The van der Waals surface area contributed by atoms with E-state index in [0.717, 1.165) is 0 Å². The molecule has 0 aliphatic heterocycles. The molecular weight excluding hydrogens is 200 g/mol. The van der Waals surface area contributed by atoms with Crippen molar-refractivity contribution in [2.45, 2.75) is 6.92 Å². The van der Waals surface area contributed by atoms with Crippen LogP contribution < -0.4 is 4.74 Å². The number of ketones is 1. The fraction of sp³-hybridized carbons (Fsp3) is 0.182. The van der Waals surface area contributed by atoms with Crippen LogP contribution in [0.4, 0.5) is 0 Å². The van der Waals surface area contributed by atoms with E-state index in [1.165, 1.54) is 13.2 Å². The third kappa shape index (κ3) is 2.36. The van der Waals surface area contributed by atoms with E-state index in [1.807, 2.05) is 0 Å². The van der Waals surface area contributed by atoms with Gasteiger partial charge in [0.2, 0.25) is 0 Å². The molecule has 0 saturated carbocycles. The molecule has 2 nitrogen and oxygen atoms in total. The number of hydrogen-bond acceptors (Lipinski definition) is 2. The molecule has 0 amide bonds. The summed E-state index contributed by atoms with van der Waals surface area (Å²) in [5, 5.41) is 0.504. The molecule has 0 spiro atoms. The first-order valence-corrected chi connectivity index (χ1v) is 4.57. The van der Waals surface area contributed by atoms with Crippen LogP contribution in [0.3, 0.4) is 0 Å². The molecule has 0 fully saturated rings. The Morgan fingerprint density at radius 2 is 2.21 bits per heavy atom. The van der Waals surface area contributed by atoms with Crippen molar-refractivity contribution in [2.75, 3.05) is 7.11 Å². The molecule has 1 rings (SSSR count). The molecule has 14 heavy (non-hydrogen) atoms. The number of carbonyl (C=O) groups is 1. The van der Waals surface area contributed by atoms with Gasteiger partial charge in [-0.25, -0.2) is 0 Å². The van der Waals surface area contributed by atoms with Gasteiger partial charge in [0.1, 0.15) is 5.75 Å². The van der Waals surface area contributed by atoms with Crippen LogP contribution in [0, 0.1) is 0 Å². The lowest BCUT2D eigenvalue weighted by atomic mass is 10.1. The predicted octanol–water partition coefficient (Wildman–Crippen LogP) is 3.11. The molecule has 0 saturated heterocycles. The van der Waals surface area contributed by atoms with Crippen molar-refractivity contribution in [1.82, 2.24) is 0 Å². The van der Waals surface area contributed by atoms with Gasteiger partial charge in [-0.2, -0.15) is 0 Å². The van der Waals surface area contributed by atoms with Crippen molar-refractivity contribution in [1.29, 1.82) is 0 Å². The first kappa shape index (κ1) is 10.8. The number of halogens is 1. The molecular formula is C11H11ClO2. The Kier molecular flexibility index (Phi) is 3.72. The largest absolute Gasteiger partial charge is 0.495 e. The molecule has 1 aromatic carbocycles. The van der Waals surface area contributed by atoms with E-state index in [2.05, 4.69) is 0 Å². The highest BCUT2D eigenvalue weighted by Crippen LogP contribution is 2.25. The molecule has 0 aliphatic carbocycles. The van der Waals surface area contributed by atoms with Gasteiger partial charge < -0.3 is 4.74 Å². The summed E-state index contributed by atoms with van der Waals surface area (Å²) in [6.07, 6.45) is 3.20. The zero-order valence-corrected chi connectivity index (χ0v) is 8.84. The fourth-order valence-corrected chi connectivity index (χ4v) is 1.26. The monoisotopic (exact) mass is 210 g/mol. The summed E-state index contributed by atoms with van der Waals surface area (Å²) in [6, 6.07) is 4.95. The van der Waals surface area contributed by atoms with Crippen LogP contribution in [0.15, 0.2) is 30.4 Å². The maximum absolute atomic E-state index is 11.4. The van der Waals surface area contributed by atoms with Gasteiger partial charge in [-0.3, -0.25) is 4.79 Å². The quantitative estimate of drug-likeness (QED) is 0.566. The summed E-state index contributed by atoms with van der Waals surface area (Å²) < 4.78 is 5.01. The number of hydrogen-bond donors (Lipinski definition) is 0. The Morgan fingerprint density at radius 1 is 1.50 bits per heavy atom. The van der Waals surface area contributed by atoms with Crippen molar-refractivity contribution >= 4 is 17.4 Å². The predicted molar refractivity (Wildman–Crippen MR) is 57.1 cm³/mol. The molecule has 0 aromatic heterocycles. The summed E-state index contributed by atoms with van der Waals surface area (Å²) in [7, 11) is 1.52. The highest BCUT2D eigenvalue weighted by molar-refractivity contribution is 6.32. The van der Waals surface area contributed by atoms with Crippen LogP contribution in [-0.4, -0.2) is 12.9 Å². The summed E-state index contributed by atoms with van der Waals surface area (Å²) >= 11 is 5.82. The van der Waals surface area contributed by atoms with Gasteiger partial charge in [-0.05, 0) is 31.2 Å². The number of methoxy groups -OCH3 is 1. The van der Waals surface area contributed by atoms with Crippen LogP contribution in [-0.2, 0) is 0 Å². The zero-order valence-electron chi connectivity index (χ0n) is 8.08. The Labute approximate surface area is 88.1 Å². The lowest BCUT2D eigenvalue weighted by molar-refractivity contribution is 0.104. The summed E-state index contributed by atoms with van der Waals surface area (Å²) in [5.41, 5.74) is 0.573. The Balaban J connectivity index is 3.06. The average Bonchev–Trinajstić information content (AvgIpc) is 2.19. The minimum Gasteiger partial charge on any atom is -0.495 e. The van der Waals surface area contributed by atoms with E-state index < -0.39 is 0 Å². The maximum Gasteiger partial charge on any atom is 0.185 e. The second-order valence-electron chi connectivity index (χ2n) is 2.71. The second-order valence-corrected chi connectivity index (χ2v) is 3.12. The number of allylic oxidation sites excluding steroid dienone is 2. The smallest absolute Gasteiger partial charge is 0.185 e. The van der Waals surface area contributed by atoms with Crippen LogP contribution in [0.25, 0.3) is 0 Å². The van der Waals surface area contributed by atoms with Gasteiger partial charge in [0.15, 0.2) is 5.78 Å². The van der Waals surface area contributed by atoms with Crippen molar-refractivity contribution in [2.24, 2.45) is 0 Å². The van der Waals surface area contributed by atoms with Crippen LogP contribution in [0.1, 0.15) is 17.3 Å². The van der Waals surface area contributed by atoms with Gasteiger partial charge in [0.05, 0.1) is 12.1 Å². The van der Waals surface area contributed by atoms with Gasteiger partial charge in [0.25, 0.3) is 0 Å². The van der Waals surface area contributed by atoms with Crippen LogP contribution in [0.5, 0.6) is 5.75 Å². The molecule has 0 radical (unpaired) electrons. The van der Waals surface area contributed by atoms with Crippen molar-refractivity contribution < 1.29 is 9.53 Å². The van der Waals surface area contributed by atoms with Crippen molar-refractivity contribution in [3.8, 4) is 5.75 Å². The van der Waals surface area contributed by atoms with Gasteiger partial charge in [-0.15, -0.1) is 0 Å². The highest BCUT2D eigenvalue weighted by atomic mass is 35.5. The van der Waals surface area contributed by atoms with Gasteiger partial charge in [0, 0.05) is 5.56 Å². The van der Waals surface area contributed by atoms with Crippen molar-refractivity contribution in [3.63, 3.8) is 0 Å². The van der Waals surface area contributed by atoms with Gasteiger partial charge in [-0.1, -0.05) is 17.7 Å². The SMILES string of the molecule is C/C=C/C(=O)c1ccc(Cl)c(OC)c1. The Morgan fingerprint density at radius 3 is 2.79 bits per heavy atom. The lowest BCUT2D eigenvalue weighted by Gasteiger charge is -2.03. The number of rotatable bonds is 3. The van der Waals surface area contributed by atoms with Crippen LogP contribution in [0.2, 0.25) is 5.02 Å². The number of ether oxygens (including phenoxy) is 1. The van der Waals surface area contributed by atoms with E-state index in [9.17, 15) is 4.79 Å². The molecule has 3 heteroatoms. The second kappa shape index (κ2) is 4.82. The normalized spacial score (nSPS) is 10.5. The molecule has 0 unspecified atom stereocenters. The summed E-state index contributed by atoms with van der Waals surface area (Å²) in [4.78, 5) is 11.4. The summed E-state index contributed by atoms with van der Waals surface area (Å²) in [6.45, 7) is 1.80. The first-order valence-electron chi connectivity index (χ1n) is 4.19. The van der Waals surface area contributed by atoms with E-state index in [4.69, 9.17) is 16.3 Å². The minimum absolute atomic E-state index is 0.0533. The first-order chi connectivity index (χ1) is 6.69. The third-order valence-corrected chi connectivity index (χ3v) is 2.07. The van der Waals surface area contributed by atoms with E-state index in [1.54, 1.807) is 31.2 Å². The minimum atomic E-state index is -0.0533. The van der Waals surface area contributed by atoms with Gasteiger partial charge >= 0.3 is 0 Å². The highest BCUT2D eigenvalue weighted by Gasteiger charge is 2.05. The molecule has 1 aromatic rings. The Bertz CT molecular complexity index is 370. The fourth-order valence-electron chi connectivity index (χ4n) is 1.06. The van der Waals surface area contributed by atoms with E-state index >= 15 is 0 Å². The maximum atomic E-state index is 11.4. The number of carbonyl (C=O) groups excluding carboxylic acids is 1. The molecule has 0 heterocycles. The van der Waals surface area contributed by atoms with E-state index in [-0.39, 0.29) is 5.78 Å². The molecule has 0 N–H and O–H groups in total. The molecule has 0 atom stereocenters. The molecule has 0 bridgehead atoms. The molecule has 0 aliphatic rings. The third-order valence-electron chi connectivity index (χ3n) is 1.75. The lowest BCUT2D eigenvalue weighted by Crippen LogP contribution is -1.95. The zero-order chi connectivity index (χ0) is 10.6. The van der Waals surface area contributed by atoms with Crippen molar-refractivity contribution in [3.05, 3.63) is 40.9 Å². The Hall–Kier alpha value is -1.28. The topological polar surface area (TPSA) is 26.3 Å². The number of benzene rings is 1.